The Kier molecular flexibility index (Phi) is 5.02. The van der Waals surface area contributed by atoms with Crippen molar-refractivity contribution in [2.75, 3.05) is 5.32 Å². The van der Waals surface area contributed by atoms with Gasteiger partial charge in [0.2, 0.25) is 0 Å². The summed E-state index contributed by atoms with van der Waals surface area (Å²) in [5, 5.41) is 2.26. The number of anilines is 1. The van der Waals surface area contributed by atoms with Crippen molar-refractivity contribution in [2.24, 2.45) is 5.41 Å². The van der Waals surface area contributed by atoms with Crippen molar-refractivity contribution in [3.63, 3.8) is 0 Å². The molecule has 0 amide bonds. The number of carbonyl (C=O) groups excluding carboxylic acids is 1. The zero-order valence-electron chi connectivity index (χ0n) is 11.3. The quantitative estimate of drug-likeness (QED) is 0.784. The van der Waals surface area contributed by atoms with E-state index in [4.69, 9.17) is 0 Å². The first kappa shape index (κ1) is 16.8. The van der Waals surface area contributed by atoms with Crippen LogP contribution in [0.5, 0.6) is 0 Å². The summed E-state index contributed by atoms with van der Waals surface area (Å²) in [6.07, 6.45) is -4.02. The molecule has 1 N–H and O–H groups in total. The molecule has 2 nitrogen and oxygen atoms in total. The molecule has 0 spiro atoms. The van der Waals surface area contributed by atoms with E-state index in [1.54, 1.807) is 39.0 Å². The van der Waals surface area contributed by atoms with E-state index in [-0.39, 0.29) is 5.69 Å². The van der Waals surface area contributed by atoms with Gasteiger partial charge in [-0.2, -0.15) is 13.2 Å². The third kappa shape index (κ3) is 4.67. The van der Waals surface area contributed by atoms with Crippen LogP contribution in [0.3, 0.4) is 0 Å². The minimum absolute atomic E-state index is 0.248. The Morgan fingerprint density at radius 2 is 1.75 bits per heavy atom. The highest BCUT2D eigenvalue weighted by Gasteiger charge is 2.36. The van der Waals surface area contributed by atoms with Crippen molar-refractivity contribution < 1.29 is 18.0 Å². The van der Waals surface area contributed by atoms with Gasteiger partial charge in [-0.05, 0) is 28.1 Å². The van der Waals surface area contributed by atoms with Gasteiger partial charge in [0.25, 0.3) is 0 Å². The van der Waals surface area contributed by atoms with E-state index in [9.17, 15) is 18.0 Å². The predicted molar refractivity (Wildman–Crippen MR) is 76.4 cm³/mol. The third-order valence-electron chi connectivity index (χ3n) is 2.46. The smallest absolute Gasteiger partial charge is 0.350 e. The Bertz CT molecular complexity index is 530. The summed E-state index contributed by atoms with van der Waals surface area (Å²) in [7, 11) is 0. The lowest BCUT2D eigenvalue weighted by Crippen LogP contribution is -2.24. The molecule has 0 fully saturated rings. The van der Waals surface area contributed by atoms with Gasteiger partial charge in [0.1, 0.15) is 5.70 Å². The maximum Gasteiger partial charge on any atom is 0.431 e. The van der Waals surface area contributed by atoms with Gasteiger partial charge >= 0.3 is 6.18 Å². The van der Waals surface area contributed by atoms with Crippen LogP contribution < -0.4 is 5.32 Å². The summed E-state index contributed by atoms with van der Waals surface area (Å²) in [5.41, 5.74) is -1.70. The van der Waals surface area contributed by atoms with Gasteiger partial charge < -0.3 is 5.32 Å². The molecule has 0 aromatic heterocycles. The lowest BCUT2D eigenvalue weighted by Gasteiger charge is -2.18. The minimum atomic E-state index is -4.63. The monoisotopic (exact) mass is 349 g/mol. The Morgan fingerprint density at radius 3 is 2.20 bits per heavy atom. The van der Waals surface area contributed by atoms with Gasteiger partial charge in [-0.3, -0.25) is 4.79 Å². The largest absolute Gasteiger partial charge is 0.431 e. The first-order valence-electron chi connectivity index (χ1n) is 5.86. The summed E-state index contributed by atoms with van der Waals surface area (Å²) in [4.78, 5) is 11.8. The lowest BCUT2D eigenvalue weighted by molar-refractivity contribution is -0.122. The van der Waals surface area contributed by atoms with E-state index in [0.717, 1.165) is 0 Å². The average molecular weight is 350 g/mol. The molecule has 0 atom stereocenters. The summed E-state index contributed by atoms with van der Waals surface area (Å²) < 4.78 is 39.4. The van der Waals surface area contributed by atoms with Crippen LogP contribution in [0.1, 0.15) is 20.8 Å². The van der Waals surface area contributed by atoms with Gasteiger partial charge in [0, 0.05) is 16.0 Å². The molecule has 0 aliphatic carbocycles. The molecule has 0 saturated carbocycles. The van der Waals surface area contributed by atoms with Gasteiger partial charge in [-0.1, -0.05) is 32.9 Å². The first-order chi connectivity index (χ1) is 9.01. The van der Waals surface area contributed by atoms with E-state index in [0.29, 0.717) is 10.5 Å². The average Bonchev–Trinajstić information content (AvgIpc) is 2.28. The highest BCUT2D eigenvalue weighted by Crippen LogP contribution is 2.31. The topological polar surface area (TPSA) is 29.1 Å². The summed E-state index contributed by atoms with van der Waals surface area (Å²) in [5.74, 6) is -0.593. The van der Waals surface area contributed by atoms with Crippen LogP contribution in [0.2, 0.25) is 0 Å². The van der Waals surface area contributed by atoms with E-state index in [1.165, 1.54) is 6.07 Å². The number of hydrogen-bond donors (Lipinski definition) is 1. The molecule has 1 aromatic rings. The Balaban J connectivity index is 3.13. The Labute approximate surface area is 124 Å². The molecule has 0 unspecified atom stereocenters. The van der Waals surface area contributed by atoms with E-state index >= 15 is 0 Å². The second kappa shape index (κ2) is 5.99. The van der Waals surface area contributed by atoms with Crippen molar-refractivity contribution in [1.29, 1.82) is 0 Å². The van der Waals surface area contributed by atoms with Gasteiger partial charge in [-0.15, -0.1) is 0 Å². The Morgan fingerprint density at radius 1 is 1.20 bits per heavy atom. The van der Waals surface area contributed by atoms with E-state index in [2.05, 4.69) is 21.2 Å². The van der Waals surface area contributed by atoms with Crippen LogP contribution in [0.15, 0.2) is 40.5 Å². The maximum atomic E-state index is 13.0. The molecule has 0 aliphatic rings. The molecule has 1 rings (SSSR count). The molecular weight excluding hydrogens is 335 g/mol. The number of carbonyl (C=O) groups is 1. The molecule has 1 aromatic carbocycles. The minimum Gasteiger partial charge on any atom is -0.350 e. The number of nitrogens with one attached hydrogen (secondary N) is 1. The number of rotatable bonds is 3. The summed E-state index contributed by atoms with van der Waals surface area (Å²) in [6.45, 7) is 4.70. The SMILES string of the molecule is CC(C)(C)C(=O)/C=C(/Nc1ccccc1Br)C(F)(F)F. The second-order valence-corrected chi connectivity index (χ2v) is 6.13. The molecule has 0 radical (unpaired) electrons. The molecule has 6 heteroatoms. The summed E-state index contributed by atoms with van der Waals surface area (Å²) >= 11 is 3.16. The fourth-order valence-corrected chi connectivity index (χ4v) is 1.63. The van der Waals surface area contributed by atoms with Gasteiger partial charge in [-0.25, -0.2) is 0 Å². The van der Waals surface area contributed by atoms with Crippen molar-refractivity contribution >= 4 is 27.4 Å². The van der Waals surface area contributed by atoms with Crippen LogP contribution in [-0.4, -0.2) is 12.0 Å². The fraction of sp³-hybridized carbons (Fsp3) is 0.357. The van der Waals surface area contributed by atoms with Crippen molar-refractivity contribution in [3.05, 3.63) is 40.5 Å². The molecule has 0 aliphatic heterocycles. The highest BCUT2D eigenvalue weighted by atomic mass is 79.9. The molecule has 0 bridgehead atoms. The Hall–Kier alpha value is -1.30. The zero-order chi connectivity index (χ0) is 15.6. The number of para-hydroxylation sites is 1. The highest BCUT2D eigenvalue weighted by molar-refractivity contribution is 9.10. The summed E-state index contributed by atoms with van der Waals surface area (Å²) in [6, 6.07) is 6.40. The molecule has 0 heterocycles. The number of alkyl halides is 3. The lowest BCUT2D eigenvalue weighted by atomic mass is 9.90. The van der Waals surface area contributed by atoms with Crippen LogP contribution >= 0.6 is 15.9 Å². The number of hydrogen-bond acceptors (Lipinski definition) is 2. The van der Waals surface area contributed by atoms with Gasteiger partial charge in [0.05, 0.1) is 5.69 Å². The van der Waals surface area contributed by atoms with Crippen LogP contribution in [0.25, 0.3) is 0 Å². The number of allylic oxidation sites excluding steroid dienone is 2. The zero-order valence-corrected chi connectivity index (χ0v) is 12.9. The number of ketones is 1. The predicted octanol–water partition coefficient (Wildman–Crippen LogP) is 4.92. The molecule has 0 saturated heterocycles. The van der Waals surface area contributed by atoms with Crippen LogP contribution in [0, 0.1) is 5.41 Å². The fourth-order valence-electron chi connectivity index (χ4n) is 1.24. The normalized spacial score (nSPS) is 13.2. The van der Waals surface area contributed by atoms with Crippen molar-refractivity contribution in [1.82, 2.24) is 0 Å². The standard InChI is InChI=1S/C14H15BrF3NO/c1-13(2,3)12(20)8-11(14(16,17)18)19-10-7-5-4-6-9(10)15/h4-8,19H,1-3H3/b11-8+. The number of halogens is 4. The third-order valence-corrected chi connectivity index (χ3v) is 3.15. The van der Waals surface area contributed by atoms with Crippen molar-refractivity contribution in [3.8, 4) is 0 Å². The van der Waals surface area contributed by atoms with E-state index < -0.39 is 23.1 Å². The maximum absolute atomic E-state index is 13.0. The molecular formula is C14H15BrF3NO. The van der Waals surface area contributed by atoms with E-state index in [1.807, 2.05) is 0 Å². The van der Waals surface area contributed by atoms with Gasteiger partial charge in [0.15, 0.2) is 5.78 Å². The second-order valence-electron chi connectivity index (χ2n) is 5.27. The molecule has 20 heavy (non-hydrogen) atoms. The number of benzene rings is 1. The first-order valence-corrected chi connectivity index (χ1v) is 6.66. The molecule has 110 valence electrons. The van der Waals surface area contributed by atoms with Crippen molar-refractivity contribution in [2.45, 2.75) is 26.9 Å². The van der Waals surface area contributed by atoms with Crippen LogP contribution in [-0.2, 0) is 4.79 Å². The van der Waals surface area contributed by atoms with Crippen LogP contribution in [0.4, 0.5) is 18.9 Å².